The van der Waals surface area contributed by atoms with Crippen LogP contribution in [-0.2, 0) is 14.8 Å². The van der Waals surface area contributed by atoms with Crippen LogP contribution in [0.5, 0.6) is 0 Å². The molecule has 2 aromatic heterocycles. The lowest BCUT2D eigenvalue weighted by molar-refractivity contribution is 0.0730. The number of halogens is 1. The predicted octanol–water partition coefficient (Wildman–Crippen LogP) is 4.55. The lowest BCUT2D eigenvalue weighted by Crippen LogP contribution is -2.40. The standard InChI is InChI=1S/C24H21FN4O3S3/c25-19-5-3-18(4-6-19)16-26-29-22(23-2-1-15-33-23)17-34-24(29)27-20-7-9-21(10-8-20)35(30,31)28-11-13-32-14-12-28/h1-10,15-17H,11-14H2. The van der Waals surface area contributed by atoms with Crippen LogP contribution in [0.3, 0.4) is 0 Å². The van der Waals surface area contributed by atoms with Crippen LogP contribution in [0.15, 0.2) is 86.4 Å². The molecule has 2 aromatic carbocycles. The van der Waals surface area contributed by atoms with Gasteiger partial charge in [0.2, 0.25) is 14.8 Å². The number of thiophene rings is 1. The van der Waals surface area contributed by atoms with Crippen molar-refractivity contribution >= 4 is 44.6 Å². The minimum absolute atomic E-state index is 0.228. The minimum Gasteiger partial charge on any atom is -0.379 e. The predicted molar refractivity (Wildman–Crippen MR) is 136 cm³/mol. The molecule has 1 aliphatic rings. The third kappa shape index (κ3) is 5.34. The molecule has 0 saturated carbocycles. The number of ether oxygens (including phenoxy) is 1. The van der Waals surface area contributed by atoms with Gasteiger partial charge in [-0.3, -0.25) is 0 Å². The molecular weight excluding hydrogens is 507 g/mol. The van der Waals surface area contributed by atoms with Gasteiger partial charge in [-0.15, -0.1) is 22.7 Å². The normalized spacial score (nSPS) is 15.7. The highest BCUT2D eigenvalue weighted by molar-refractivity contribution is 7.89. The van der Waals surface area contributed by atoms with E-state index in [0.717, 1.165) is 16.1 Å². The molecule has 0 N–H and O–H groups in total. The highest BCUT2D eigenvalue weighted by Crippen LogP contribution is 2.26. The van der Waals surface area contributed by atoms with Crippen LogP contribution in [-0.4, -0.2) is 49.9 Å². The van der Waals surface area contributed by atoms with Crippen LogP contribution < -0.4 is 4.80 Å². The molecule has 0 radical (unpaired) electrons. The Labute approximate surface area is 210 Å². The third-order valence-electron chi connectivity index (χ3n) is 5.32. The number of rotatable bonds is 6. The zero-order chi connectivity index (χ0) is 24.3. The second kappa shape index (κ2) is 10.3. The topological polar surface area (TPSA) is 76.3 Å². The number of thiazole rings is 1. The fourth-order valence-electron chi connectivity index (χ4n) is 3.50. The first-order valence-corrected chi connectivity index (χ1v) is 14.0. The Morgan fingerprint density at radius 3 is 2.40 bits per heavy atom. The van der Waals surface area contributed by atoms with Crippen molar-refractivity contribution in [1.82, 2.24) is 8.98 Å². The molecule has 0 bridgehead atoms. The summed E-state index contributed by atoms with van der Waals surface area (Å²) in [4.78, 5) is 6.60. The minimum atomic E-state index is -3.57. The van der Waals surface area contributed by atoms with Crippen molar-refractivity contribution in [2.75, 3.05) is 26.3 Å². The van der Waals surface area contributed by atoms with E-state index in [1.165, 1.54) is 27.8 Å². The first-order chi connectivity index (χ1) is 17.0. The molecule has 180 valence electrons. The van der Waals surface area contributed by atoms with Crippen LogP contribution in [0.2, 0.25) is 0 Å². The fourth-order valence-corrected chi connectivity index (χ4v) is 6.55. The van der Waals surface area contributed by atoms with E-state index in [2.05, 4.69) is 5.10 Å². The summed E-state index contributed by atoms with van der Waals surface area (Å²) >= 11 is 3.02. The van der Waals surface area contributed by atoms with Gasteiger partial charge in [-0.05, 0) is 53.4 Å². The van der Waals surface area contributed by atoms with Crippen LogP contribution in [0.25, 0.3) is 10.6 Å². The van der Waals surface area contributed by atoms with E-state index < -0.39 is 10.0 Å². The van der Waals surface area contributed by atoms with Crippen molar-refractivity contribution in [2.45, 2.75) is 4.90 Å². The Bertz CT molecular complexity index is 1480. The molecule has 35 heavy (non-hydrogen) atoms. The van der Waals surface area contributed by atoms with Gasteiger partial charge in [0.25, 0.3) is 0 Å². The second-order valence-electron chi connectivity index (χ2n) is 7.61. The molecule has 0 aliphatic carbocycles. The molecule has 1 saturated heterocycles. The maximum absolute atomic E-state index is 13.3. The summed E-state index contributed by atoms with van der Waals surface area (Å²) in [5, 5.41) is 8.58. The molecule has 1 aliphatic heterocycles. The van der Waals surface area contributed by atoms with Crippen molar-refractivity contribution in [1.29, 1.82) is 0 Å². The van der Waals surface area contributed by atoms with Gasteiger partial charge in [-0.2, -0.15) is 9.41 Å². The van der Waals surface area contributed by atoms with Gasteiger partial charge in [-0.1, -0.05) is 18.2 Å². The monoisotopic (exact) mass is 528 g/mol. The number of aromatic nitrogens is 1. The van der Waals surface area contributed by atoms with Gasteiger partial charge in [-0.25, -0.2) is 22.5 Å². The summed E-state index contributed by atoms with van der Waals surface area (Å²) in [5.74, 6) is -0.306. The quantitative estimate of drug-likeness (QED) is 0.345. The molecule has 0 amide bonds. The smallest absolute Gasteiger partial charge is 0.243 e. The summed E-state index contributed by atoms with van der Waals surface area (Å²) in [6.45, 7) is 1.49. The SMILES string of the molecule is O=S(=O)(c1ccc(N=c2scc(-c3cccs3)n2N=Cc2ccc(F)cc2)cc1)N1CCOCC1. The molecule has 3 heterocycles. The Morgan fingerprint density at radius 2 is 1.71 bits per heavy atom. The third-order valence-corrected chi connectivity index (χ3v) is 8.94. The van der Waals surface area contributed by atoms with Crippen molar-refractivity contribution in [3.8, 4) is 10.6 Å². The molecule has 0 unspecified atom stereocenters. The molecule has 0 atom stereocenters. The van der Waals surface area contributed by atoms with Gasteiger partial charge in [0, 0.05) is 18.5 Å². The fraction of sp³-hybridized carbons (Fsp3) is 0.167. The Hall–Kier alpha value is -2.96. The Kier molecular flexibility index (Phi) is 7.02. The number of nitrogens with zero attached hydrogens (tertiary/aromatic N) is 4. The molecular formula is C24H21FN4O3S3. The van der Waals surface area contributed by atoms with Crippen molar-refractivity contribution in [3.63, 3.8) is 0 Å². The van der Waals surface area contributed by atoms with Gasteiger partial charge >= 0.3 is 0 Å². The highest BCUT2D eigenvalue weighted by Gasteiger charge is 2.26. The number of hydrogen-bond donors (Lipinski definition) is 0. The van der Waals surface area contributed by atoms with E-state index >= 15 is 0 Å². The van der Waals surface area contributed by atoms with E-state index in [4.69, 9.17) is 9.73 Å². The van der Waals surface area contributed by atoms with Gasteiger partial charge < -0.3 is 4.74 Å². The summed E-state index contributed by atoms with van der Waals surface area (Å²) in [6.07, 6.45) is 1.65. The molecule has 7 nitrogen and oxygen atoms in total. The lowest BCUT2D eigenvalue weighted by atomic mass is 10.2. The van der Waals surface area contributed by atoms with E-state index in [9.17, 15) is 12.8 Å². The first-order valence-electron chi connectivity index (χ1n) is 10.8. The second-order valence-corrected chi connectivity index (χ2v) is 11.3. The van der Waals surface area contributed by atoms with Gasteiger partial charge in [0.1, 0.15) is 5.82 Å². The largest absolute Gasteiger partial charge is 0.379 e. The maximum atomic E-state index is 13.3. The molecule has 0 spiro atoms. The van der Waals surface area contributed by atoms with Crippen LogP contribution in [0, 0.1) is 5.82 Å². The molecule has 1 fully saturated rings. The van der Waals surface area contributed by atoms with Crippen molar-refractivity contribution in [2.24, 2.45) is 10.1 Å². The maximum Gasteiger partial charge on any atom is 0.243 e. The zero-order valence-electron chi connectivity index (χ0n) is 18.5. The summed E-state index contributed by atoms with van der Waals surface area (Å²) in [6, 6.07) is 16.6. The lowest BCUT2D eigenvalue weighted by Gasteiger charge is -2.26. The van der Waals surface area contributed by atoms with Crippen molar-refractivity contribution in [3.05, 3.63) is 87.6 Å². The average Bonchev–Trinajstić information content (AvgIpc) is 3.55. The van der Waals surface area contributed by atoms with E-state index in [1.54, 1.807) is 58.6 Å². The first kappa shape index (κ1) is 23.8. The summed E-state index contributed by atoms with van der Waals surface area (Å²) in [7, 11) is -3.57. The van der Waals surface area contributed by atoms with Gasteiger partial charge in [0.15, 0.2) is 0 Å². The highest BCUT2D eigenvalue weighted by atomic mass is 32.2. The molecule has 11 heteroatoms. The number of benzene rings is 2. The van der Waals surface area contributed by atoms with Crippen LogP contribution in [0.1, 0.15) is 5.56 Å². The number of sulfonamides is 1. The summed E-state index contributed by atoms with van der Waals surface area (Å²) in [5.41, 5.74) is 2.25. The van der Waals surface area contributed by atoms with Crippen LogP contribution in [0.4, 0.5) is 10.1 Å². The van der Waals surface area contributed by atoms with E-state index in [0.29, 0.717) is 36.8 Å². The van der Waals surface area contributed by atoms with Crippen LogP contribution >= 0.6 is 22.7 Å². The Morgan fingerprint density at radius 1 is 0.971 bits per heavy atom. The van der Waals surface area contributed by atoms with Gasteiger partial charge in [0.05, 0.1) is 40.6 Å². The zero-order valence-corrected chi connectivity index (χ0v) is 20.9. The number of morpholine rings is 1. The van der Waals surface area contributed by atoms with E-state index in [1.807, 2.05) is 22.9 Å². The average molecular weight is 529 g/mol. The van der Waals surface area contributed by atoms with Crippen molar-refractivity contribution < 1.29 is 17.5 Å². The summed E-state index contributed by atoms with van der Waals surface area (Å²) < 4.78 is 47.5. The van der Waals surface area contributed by atoms with E-state index in [-0.39, 0.29) is 10.7 Å². The number of hydrogen-bond acceptors (Lipinski definition) is 7. The molecule has 5 rings (SSSR count). The Balaban J connectivity index is 1.49. The molecule has 4 aromatic rings.